The fraction of sp³-hybridized carbons (Fsp3) is 0.462. The van der Waals surface area contributed by atoms with Crippen molar-refractivity contribution in [3.8, 4) is 0 Å². The summed E-state index contributed by atoms with van der Waals surface area (Å²) in [5, 5.41) is 2.76. The number of halogens is 2. The van der Waals surface area contributed by atoms with Crippen molar-refractivity contribution in [1.82, 2.24) is 5.32 Å². The van der Waals surface area contributed by atoms with Crippen LogP contribution in [0.4, 0.5) is 8.78 Å². The molecule has 0 amide bonds. The molecule has 98 valence electrons. The van der Waals surface area contributed by atoms with Gasteiger partial charge < -0.3 is 10.1 Å². The van der Waals surface area contributed by atoms with Gasteiger partial charge in [-0.2, -0.15) is 0 Å². The lowest BCUT2D eigenvalue weighted by atomic mass is 10.0. The summed E-state index contributed by atoms with van der Waals surface area (Å²) < 4.78 is 31.3. The van der Waals surface area contributed by atoms with Crippen molar-refractivity contribution in [1.29, 1.82) is 0 Å². The number of rotatable bonds is 3. The van der Waals surface area contributed by atoms with Gasteiger partial charge in [0.2, 0.25) is 0 Å². The summed E-state index contributed by atoms with van der Waals surface area (Å²) in [7, 11) is 0. The molecule has 1 aliphatic rings. The first-order valence-electron chi connectivity index (χ1n) is 5.89. The maximum absolute atomic E-state index is 13.1. The highest BCUT2D eigenvalue weighted by molar-refractivity contribution is 5.76. The highest BCUT2D eigenvalue weighted by atomic mass is 19.3. The van der Waals surface area contributed by atoms with E-state index in [9.17, 15) is 13.6 Å². The van der Waals surface area contributed by atoms with Crippen molar-refractivity contribution in [2.24, 2.45) is 0 Å². The normalized spacial score (nSPS) is 22.4. The SMILES string of the molecule is O=C(OCc1ccccc1)C1CC(F)(F)CCN1. The third-order valence-electron chi connectivity index (χ3n) is 2.89. The fourth-order valence-electron chi connectivity index (χ4n) is 1.90. The minimum atomic E-state index is -2.78. The average molecular weight is 255 g/mol. The molecule has 0 radical (unpaired) electrons. The number of nitrogens with one attached hydrogen (secondary N) is 1. The molecule has 1 fully saturated rings. The molecule has 0 spiro atoms. The summed E-state index contributed by atoms with van der Waals surface area (Å²) in [5.74, 6) is -3.39. The van der Waals surface area contributed by atoms with Gasteiger partial charge in [-0.15, -0.1) is 0 Å². The predicted molar refractivity (Wildman–Crippen MR) is 62.2 cm³/mol. The Morgan fingerprint density at radius 3 is 2.78 bits per heavy atom. The van der Waals surface area contributed by atoms with E-state index in [0.717, 1.165) is 5.56 Å². The van der Waals surface area contributed by atoms with Crippen LogP contribution in [0.25, 0.3) is 0 Å². The summed E-state index contributed by atoms with van der Waals surface area (Å²) in [5.41, 5.74) is 0.841. The van der Waals surface area contributed by atoms with E-state index < -0.39 is 24.4 Å². The molecule has 5 heteroatoms. The van der Waals surface area contributed by atoms with Crippen LogP contribution in [0.5, 0.6) is 0 Å². The van der Waals surface area contributed by atoms with Crippen molar-refractivity contribution in [3.05, 3.63) is 35.9 Å². The number of hydrogen-bond acceptors (Lipinski definition) is 3. The Bertz CT molecular complexity index is 409. The van der Waals surface area contributed by atoms with Gasteiger partial charge >= 0.3 is 5.97 Å². The number of alkyl halides is 2. The van der Waals surface area contributed by atoms with E-state index in [4.69, 9.17) is 4.74 Å². The maximum Gasteiger partial charge on any atom is 0.323 e. The summed E-state index contributed by atoms with van der Waals surface area (Å²) >= 11 is 0. The smallest absolute Gasteiger partial charge is 0.323 e. The molecule has 1 aromatic rings. The lowest BCUT2D eigenvalue weighted by molar-refractivity contribution is -0.152. The molecule has 18 heavy (non-hydrogen) atoms. The largest absolute Gasteiger partial charge is 0.460 e. The Morgan fingerprint density at radius 2 is 2.11 bits per heavy atom. The van der Waals surface area contributed by atoms with E-state index in [1.807, 2.05) is 30.3 Å². The fourth-order valence-corrected chi connectivity index (χ4v) is 1.90. The molecule has 3 nitrogen and oxygen atoms in total. The molecule has 1 heterocycles. The third-order valence-corrected chi connectivity index (χ3v) is 2.89. The second kappa shape index (κ2) is 5.44. The lowest BCUT2D eigenvalue weighted by Gasteiger charge is -2.28. The van der Waals surface area contributed by atoms with E-state index in [1.54, 1.807) is 0 Å². The molecule has 0 bridgehead atoms. The number of piperidine rings is 1. The van der Waals surface area contributed by atoms with E-state index in [0.29, 0.717) is 0 Å². The van der Waals surface area contributed by atoms with Crippen LogP contribution in [-0.2, 0) is 16.1 Å². The zero-order valence-electron chi connectivity index (χ0n) is 9.86. The summed E-state index contributed by atoms with van der Waals surface area (Å²) in [6.45, 7) is 0.252. The van der Waals surface area contributed by atoms with E-state index in [1.165, 1.54) is 0 Å². The van der Waals surface area contributed by atoms with Gasteiger partial charge in [0, 0.05) is 19.4 Å². The Morgan fingerprint density at radius 1 is 1.39 bits per heavy atom. The topological polar surface area (TPSA) is 38.3 Å². The summed E-state index contributed by atoms with van der Waals surface area (Å²) in [6.07, 6.45) is -0.712. The van der Waals surface area contributed by atoms with Crippen molar-refractivity contribution < 1.29 is 18.3 Å². The van der Waals surface area contributed by atoms with Crippen molar-refractivity contribution >= 4 is 5.97 Å². The van der Waals surface area contributed by atoms with Crippen LogP contribution in [0.2, 0.25) is 0 Å². The van der Waals surface area contributed by atoms with Crippen LogP contribution in [0.1, 0.15) is 18.4 Å². The molecule has 1 aliphatic heterocycles. The van der Waals surface area contributed by atoms with Gasteiger partial charge in [0.1, 0.15) is 12.6 Å². The molecule has 1 unspecified atom stereocenters. The Kier molecular flexibility index (Phi) is 3.91. The first kappa shape index (κ1) is 13.0. The van der Waals surface area contributed by atoms with Crippen molar-refractivity contribution in [2.75, 3.05) is 6.54 Å². The highest BCUT2D eigenvalue weighted by Crippen LogP contribution is 2.27. The average Bonchev–Trinajstić information content (AvgIpc) is 2.36. The van der Waals surface area contributed by atoms with Crippen LogP contribution in [0.15, 0.2) is 30.3 Å². The van der Waals surface area contributed by atoms with Crippen molar-refractivity contribution in [3.63, 3.8) is 0 Å². The van der Waals surface area contributed by atoms with E-state index in [-0.39, 0.29) is 19.6 Å². The minimum Gasteiger partial charge on any atom is -0.460 e. The van der Waals surface area contributed by atoms with Gasteiger partial charge in [0.05, 0.1) is 0 Å². The van der Waals surface area contributed by atoms with Crippen LogP contribution in [0.3, 0.4) is 0 Å². The number of carbonyl (C=O) groups is 1. The number of carbonyl (C=O) groups excluding carboxylic acids is 1. The number of ether oxygens (including phenoxy) is 1. The van der Waals surface area contributed by atoms with E-state index in [2.05, 4.69) is 5.32 Å². The molecule has 1 atom stereocenters. The molecule has 0 aromatic heterocycles. The van der Waals surface area contributed by atoms with Crippen molar-refractivity contribution in [2.45, 2.75) is 31.4 Å². The van der Waals surface area contributed by atoms with E-state index >= 15 is 0 Å². The zero-order valence-corrected chi connectivity index (χ0v) is 9.86. The molecule has 0 saturated carbocycles. The zero-order chi connectivity index (χ0) is 13.0. The number of hydrogen-bond donors (Lipinski definition) is 1. The number of esters is 1. The Balaban J connectivity index is 1.85. The van der Waals surface area contributed by atoms with Gasteiger partial charge in [0.15, 0.2) is 0 Å². The monoisotopic (exact) mass is 255 g/mol. The molecule has 1 aromatic carbocycles. The van der Waals surface area contributed by atoms with Crippen LogP contribution < -0.4 is 5.32 Å². The van der Waals surface area contributed by atoms with Gasteiger partial charge in [-0.3, -0.25) is 4.79 Å². The first-order chi connectivity index (χ1) is 8.57. The second-order valence-electron chi connectivity index (χ2n) is 4.41. The van der Waals surface area contributed by atoms with Gasteiger partial charge in [-0.05, 0) is 5.56 Å². The minimum absolute atomic E-state index is 0.115. The van der Waals surface area contributed by atoms with Crippen LogP contribution >= 0.6 is 0 Å². The molecule has 1 N–H and O–H groups in total. The summed E-state index contributed by atoms with van der Waals surface area (Å²) in [6, 6.07) is 8.24. The van der Waals surface area contributed by atoms with Gasteiger partial charge in [-0.1, -0.05) is 30.3 Å². The quantitative estimate of drug-likeness (QED) is 0.841. The Hall–Kier alpha value is -1.49. The second-order valence-corrected chi connectivity index (χ2v) is 4.41. The molecule has 1 saturated heterocycles. The number of benzene rings is 1. The molecular weight excluding hydrogens is 240 g/mol. The van der Waals surface area contributed by atoms with Gasteiger partial charge in [-0.25, -0.2) is 8.78 Å². The third kappa shape index (κ3) is 3.50. The summed E-state index contributed by atoms with van der Waals surface area (Å²) in [4.78, 5) is 11.6. The maximum atomic E-state index is 13.1. The van der Waals surface area contributed by atoms with Gasteiger partial charge in [0.25, 0.3) is 5.92 Å². The molecular formula is C13H15F2NO2. The standard InChI is InChI=1S/C13H15F2NO2/c14-13(15)6-7-16-11(8-13)12(17)18-9-10-4-2-1-3-5-10/h1-5,11,16H,6-9H2. The van der Waals surface area contributed by atoms with Crippen LogP contribution in [0, 0.1) is 0 Å². The lowest BCUT2D eigenvalue weighted by Crippen LogP contribution is -2.48. The predicted octanol–water partition coefficient (Wildman–Crippen LogP) is 2.12. The van der Waals surface area contributed by atoms with Crippen LogP contribution in [-0.4, -0.2) is 24.5 Å². The first-order valence-corrected chi connectivity index (χ1v) is 5.89. The molecule has 0 aliphatic carbocycles. The molecule has 2 rings (SSSR count). The Labute approximate surface area is 104 Å². The highest BCUT2D eigenvalue weighted by Gasteiger charge is 2.39.